The maximum atomic E-state index is 12.9. The van der Waals surface area contributed by atoms with Gasteiger partial charge in [-0.15, -0.1) is 0 Å². The predicted molar refractivity (Wildman–Crippen MR) is 123 cm³/mol. The molecule has 0 bridgehead atoms. The number of aromatic nitrogens is 2. The fourth-order valence-corrected chi connectivity index (χ4v) is 4.83. The number of piperidine rings is 1. The van der Waals surface area contributed by atoms with Gasteiger partial charge in [-0.1, -0.05) is 6.07 Å². The summed E-state index contributed by atoms with van der Waals surface area (Å²) in [4.78, 5) is 42.4. The zero-order valence-corrected chi connectivity index (χ0v) is 18.8. The van der Waals surface area contributed by atoms with Crippen LogP contribution in [0.5, 0.6) is 0 Å². The van der Waals surface area contributed by atoms with E-state index in [9.17, 15) is 19.5 Å². The van der Waals surface area contributed by atoms with E-state index in [0.717, 1.165) is 49.9 Å². The van der Waals surface area contributed by atoms with Gasteiger partial charge in [-0.2, -0.15) is 5.10 Å². The summed E-state index contributed by atoms with van der Waals surface area (Å²) in [6.45, 7) is 3.91. The Morgan fingerprint density at radius 3 is 2.52 bits per heavy atom. The molecule has 0 radical (unpaired) electrons. The number of carboxylic acid groups (broad SMARTS) is 1. The van der Waals surface area contributed by atoms with Crippen molar-refractivity contribution in [2.24, 2.45) is 5.92 Å². The number of hydrogen-bond acceptors (Lipinski definition) is 4. The Bertz CT molecular complexity index is 1090. The molecule has 0 unspecified atom stereocenters. The standard InChI is InChI=1S/C24H29N5O4/c1-16-13-28(24(32)33)21-11-18(7-8-20(21)29(16)23(31)17-5-6-17)19-12-25-27(14-19)15-22(30)26-9-3-2-4-10-26/h7-8,11-12,14,16-17H,2-6,9-10,13,15H2,1H3,(H,32,33)/t16-/m0/s1. The lowest BCUT2D eigenvalue weighted by Gasteiger charge is -2.40. The number of carbonyl (C=O) groups is 3. The third-order valence-electron chi connectivity index (χ3n) is 6.78. The van der Waals surface area contributed by atoms with Crippen LogP contribution in [0.2, 0.25) is 0 Å². The van der Waals surface area contributed by atoms with Crippen LogP contribution in [0.15, 0.2) is 30.6 Å². The van der Waals surface area contributed by atoms with Crippen LogP contribution in [0.3, 0.4) is 0 Å². The molecule has 33 heavy (non-hydrogen) atoms. The number of likely N-dealkylation sites (tertiary alicyclic amines) is 1. The van der Waals surface area contributed by atoms with Gasteiger partial charge in [-0.25, -0.2) is 4.79 Å². The molecule has 1 saturated carbocycles. The third kappa shape index (κ3) is 4.19. The Morgan fingerprint density at radius 1 is 1.06 bits per heavy atom. The summed E-state index contributed by atoms with van der Waals surface area (Å²) in [7, 11) is 0. The van der Waals surface area contributed by atoms with Crippen LogP contribution in [-0.4, -0.2) is 63.4 Å². The van der Waals surface area contributed by atoms with E-state index in [2.05, 4.69) is 5.10 Å². The van der Waals surface area contributed by atoms with Gasteiger partial charge in [-0.05, 0) is 56.7 Å². The normalized spacial score (nSPS) is 20.5. The van der Waals surface area contributed by atoms with Crippen molar-refractivity contribution in [3.05, 3.63) is 30.6 Å². The maximum absolute atomic E-state index is 12.9. The molecule has 1 aliphatic carbocycles. The molecule has 3 amide bonds. The van der Waals surface area contributed by atoms with Crippen molar-refractivity contribution in [1.82, 2.24) is 14.7 Å². The van der Waals surface area contributed by atoms with E-state index in [1.807, 2.05) is 30.2 Å². The maximum Gasteiger partial charge on any atom is 0.411 e. The van der Waals surface area contributed by atoms with Gasteiger partial charge in [-0.3, -0.25) is 19.2 Å². The molecule has 9 heteroatoms. The van der Waals surface area contributed by atoms with Gasteiger partial charge in [0.1, 0.15) is 6.54 Å². The van der Waals surface area contributed by atoms with Crippen LogP contribution in [0.4, 0.5) is 16.2 Å². The summed E-state index contributed by atoms with van der Waals surface area (Å²) in [5, 5.41) is 14.2. The number of carbonyl (C=O) groups excluding carboxylic acids is 2. The highest BCUT2D eigenvalue weighted by Crippen LogP contribution is 2.42. The Labute approximate surface area is 192 Å². The van der Waals surface area contributed by atoms with Crippen molar-refractivity contribution in [3.63, 3.8) is 0 Å². The van der Waals surface area contributed by atoms with Crippen LogP contribution >= 0.6 is 0 Å². The second-order valence-corrected chi connectivity index (χ2v) is 9.30. The fourth-order valence-electron chi connectivity index (χ4n) is 4.83. The third-order valence-corrected chi connectivity index (χ3v) is 6.78. The summed E-state index contributed by atoms with van der Waals surface area (Å²) < 4.78 is 1.63. The summed E-state index contributed by atoms with van der Waals surface area (Å²) in [5.74, 6) is 0.188. The summed E-state index contributed by atoms with van der Waals surface area (Å²) in [5.41, 5.74) is 2.73. The zero-order chi connectivity index (χ0) is 23.1. The lowest BCUT2D eigenvalue weighted by molar-refractivity contribution is -0.132. The molecule has 5 rings (SSSR count). The molecule has 174 valence electrons. The van der Waals surface area contributed by atoms with Gasteiger partial charge in [0.2, 0.25) is 11.8 Å². The molecular formula is C24H29N5O4. The van der Waals surface area contributed by atoms with Crippen molar-refractivity contribution in [3.8, 4) is 11.1 Å². The Morgan fingerprint density at radius 2 is 1.82 bits per heavy atom. The van der Waals surface area contributed by atoms with Crippen molar-refractivity contribution in [2.45, 2.75) is 51.6 Å². The highest BCUT2D eigenvalue weighted by Gasteiger charge is 2.41. The van der Waals surface area contributed by atoms with E-state index in [0.29, 0.717) is 11.4 Å². The average molecular weight is 452 g/mol. The Balaban J connectivity index is 1.41. The fraction of sp³-hybridized carbons (Fsp3) is 0.500. The van der Waals surface area contributed by atoms with E-state index in [1.54, 1.807) is 21.8 Å². The molecule has 3 aliphatic rings. The van der Waals surface area contributed by atoms with Crippen molar-refractivity contribution >= 4 is 29.3 Å². The number of benzene rings is 1. The van der Waals surface area contributed by atoms with E-state index in [-0.39, 0.29) is 36.9 Å². The van der Waals surface area contributed by atoms with Crippen LogP contribution < -0.4 is 9.80 Å². The van der Waals surface area contributed by atoms with Crippen LogP contribution in [0, 0.1) is 5.92 Å². The van der Waals surface area contributed by atoms with E-state index in [1.165, 1.54) is 11.3 Å². The van der Waals surface area contributed by atoms with Crippen molar-refractivity contribution in [2.75, 3.05) is 29.4 Å². The second-order valence-electron chi connectivity index (χ2n) is 9.30. The lowest BCUT2D eigenvalue weighted by Crippen LogP contribution is -2.52. The van der Waals surface area contributed by atoms with Crippen molar-refractivity contribution < 1.29 is 19.5 Å². The van der Waals surface area contributed by atoms with Gasteiger partial charge >= 0.3 is 6.09 Å². The first-order chi connectivity index (χ1) is 15.9. The zero-order valence-electron chi connectivity index (χ0n) is 18.8. The van der Waals surface area contributed by atoms with Gasteiger partial charge in [0.05, 0.1) is 23.6 Å². The molecule has 2 aromatic rings. The second kappa shape index (κ2) is 8.53. The first-order valence-corrected chi connectivity index (χ1v) is 11.7. The number of amides is 3. The molecule has 3 heterocycles. The van der Waals surface area contributed by atoms with Gasteiger partial charge in [0, 0.05) is 37.3 Å². The Kier molecular flexibility index (Phi) is 5.55. The quantitative estimate of drug-likeness (QED) is 0.770. The average Bonchev–Trinajstić information content (AvgIpc) is 3.57. The first kappa shape index (κ1) is 21.5. The van der Waals surface area contributed by atoms with Crippen LogP contribution in [0.1, 0.15) is 39.0 Å². The number of nitrogens with zero attached hydrogens (tertiary/aromatic N) is 5. The molecule has 1 atom stereocenters. The molecule has 9 nitrogen and oxygen atoms in total. The lowest BCUT2D eigenvalue weighted by atomic mass is 10.0. The van der Waals surface area contributed by atoms with Gasteiger partial charge in [0.25, 0.3) is 0 Å². The minimum atomic E-state index is -1.04. The largest absolute Gasteiger partial charge is 0.465 e. The van der Waals surface area contributed by atoms with E-state index < -0.39 is 6.09 Å². The van der Waals surface area contributed by atoms with Gasteiger partial charge in [0.15, 0.2) is 0 Å². The minimum absolute atomic E-state index is 0.0482. The molecular weight excluding hydrogens is 422 g/mol. The molecule has 1 aromatic carbocycles. The minimum Gasteiger partial charge on any atom is -0.465 e. The number of fused-ring (bicyclic) bond motifs is 1. The SMILES string of the molecule is C[C@H]1CN(C(=O)O)c2cc(-c3cnn(CC(=O)N4CCCCC4)c3)ccc2N1C(=O)C1CC1. The Hall–Kier alpha value is -3.36. The monoisotopic (exact) mass is 451 g/mol. The first-order valence-electron chi connectivity index (χ1n) is 11.7. The van der Waals surface area contributed by atoms with Crippen LogP contribution in [0.25, 0.3) is 11.1 Å². The summed E-state index contributed by atoms with van der Waals surface area (Å²) in [6.07, 6.45) is 7.52. The molecule has 1 aromatic heterocycles. The molecule has 1 saturated heterocycles. The molecule has 2 fully saturated rings. The van der Waals surface area contributed by atoms with Crippen LogP contribution in [-0.2, 0) is 16.1 Å². The summed E-state index contributed by atoms with van der Waals surface area (Å²) >= 11 is 0. The predicted octanol–water partition coefficient (Wildman–Crippen LogP) is 3.19. The highest BCUT2D eigenvalue weighted by molar-refractivity contribution is 6.04. The number of anilines is 2. The number of rotatable bonds is 4. The summed E-state index contributed by atoms with van der Waals surface area (Å²) in [6, 6.07) is 5.29. The number of hydrogen-bond donors (Lipinski definition) is 1. The van der Waals surface area contributed by atoms with E-state index >= 15 is 0 Å². The molecule has 2 aliphatic heterocycles. The smallest absolute Gasteiger partial charge is 0.411 e. The molecule has 1 N–H and O–H groups in total. The topological polar surface area (TPSA) is 99.0 Å². The van der Waals surface area contributed by atoms with E-state index in [4.69, 9.17) is 0 Å². The molecule has 0 spiro atoms. The van der Waals surface area contributed by atoms with Crippen molar-refractivity contribution in [1.29, 1.82) is 0 Å². The van der Waals surface area contributed by atoms with Gasteiger partial charge < -0.3 is 14.9 Å². The highest BCUT2D eigenvalue weighted by atomic mass is 16.4.